The van der Waals surface area contributed by atoms with E-state index in [0.717, 1.165) is 22.5 Å². The fourth-order valence-electron chi connectivity index (χ4n) is 3.96. The number of carbonyl (C=O) groups excluding carboxylic acids is 1. The largest absolute Gasteiger partial charge is 0.324 e. The van der Waals surface area contributed by atoms with Crippen LogP contribution in [-0.4, -0.2) is 22.0 Å². The number of aromatic nitrogens is 2. The number of aryl methyl sites for hydroxylation is 2. The zero-order chi connectivity index (χ0) is 18.3. The average Bonchev–Trinajstić information content (AvgIpc) is 3.15. The van der Waals surface area contributed by atoms with Gasteiger partial charge in [-0.15, -0.1) is 6.58 Å². The SMILES string of the molecule is C=CCn1c(C2CC(=O)N(c3cc(C)cc(C)c3)C2)nc2ccccc21. The van der Waals surface area contributed by atoms with E-state index < -0.39 is 0 Å². The molecule has 0 spiro atoms. The molecule has 132 valence electrons. The van der Waals surface area contributed by atoms with E-state index in [9.17, 15) is 4.79 Å². The monoisotopic (exact) mass is 345 g/mol. The number of hydrogen-bond donors (Lipinski definition) is 0. The summed E-state index contributed by atoms with van der Waals surface area (Å²) in [6.07, 6.45) is 2.38. The molecule has 4 nitrogen and oxygen atoms in total. The predicted molar refractivity (Wildman–Crippen MR) is 106 cm³/mol. The normalized spacial score (nSPS) is 17.2. The maximum absolute atomic E-state index is 12.7. The zero-order valence-corrected chi connectivity index (χ0v) is 15.3. The Labute approximate surface area is 153 Å². The number of allylic oxidation sites excluding steroid dienone is 1. The summed E-state index contributed by atoms with van der Waals surface area (Å²) in [7, 11) is 0. The Morgan fingerprint density at radius 1 is 1.19 bits per heavy atom. The Bertz CT molecular complexity index is 982. The van der Waals surface area contributed by atoms with E-state index >= 15 is 0 Å². The van der Waals surface area contributed by atoms with Crippen molar-refractivity contribution in [2.24, 2.45) is 0 Å². The summed E-state index contributed by atoms with van der Waals surface area (Å²) in [5.74, 6) is 1.24. The van der Waals surface area contributed by atoms with Gasteiger partial charge in [-0.1, -0.05) is 24.3 Å². The summed E-state index contributed by atoms with van der Waals surface area (Å²) in [5.41, 5.74) is 5.41. The van der Waals surface area contributed by atoms with Crippen molar-refractivity contribution in [1.82, 2.24) is 9.55 Å². The molecule has 1 atom stereocenters. The summed E-state index contributed by atoms with van der Waals surface area (Å²) in [6, 6.07) is 14.4. The lowest BCUT2D eigenvalue weighted by Gasteiger charge is -2.18. The Kier molecular flexibility index (Phi) is 4.11. The molecule has 0 radical (unpaired) electrons. The molecule has 2 heterocycles. The lowest BCUT2D eigenvalue weighted by atomic mass is 10.1. The average molecular weight is 345 g/mol. The van der Waals surface area contributed by atoms with E-state index in [2.05, 4.69) is 49.3 Å². The molecule has 1 unspecified atom stereocenters. The molecule has 1 aliphatic heterocycles. The van der Waals surface area contributed by atoms with Gasteiger partial charge in [-0.2, -0.15) is 0 Å². The van der Waals surface area contributed by atoms with Gasteiger partial charge < -0.3 is 9.47 Å². The molecule has 1 aromatic heterocycles. The van der Waals surface area contributed by atoms with Crippen molar-refractivity contribution in [3.63, 3.8) is 0 Å². The van der Waals surface area contributed by atoms with Crippen molar-refractivity contribution < 1.29 is 4.79 Å². The van der Waals surface area contributed by atoms with E-state index in [1.807, 2.05) is 29.2 Å². The Hall–Kier alpha value is -2.88. The Morgan fingerprint density at radius 2 is 1.92 bits per heavy atom. The Morgan fingerprint density at radius 3 is 2.65 bits per heavy atom. The first-order valence-electron chi connectivity index (χ1n) is 9.01. The molecule has 4 rings (SSSR count). The van der Waals surface area contributed by atoms with Crippen LogP contribution in [0.3, 0.4) is 0 Å². The minimum absolute atomic E-state index is 0.0932. The van der Waals surface area contributed by atoms with Gasteiger partial charge in [0.1, 0.15) is 5.82 Å². The molecule has 1 saturated heterocycles. The van der Waals surface area contributed by atoms with Crippen LogP contribution in [0.2, 0.25) is 0 Å². The second-order valence-corrected chi connectivity index (χ2v) is 7.11. The van der Waals surface area contributed by atoms with Crippen molar-refractivity contribution in [3.05, 3.63) is 72.1 Å². The van der Waals surface area contributed by atoms with Gasteiger partial charge >= 0.3 is 0 Å². The van der Waals surface area contributed by atoms with Crippen LogP contribution in [0, 0.1) is 13.8 Å². The van der Waals surface area contributed by atoms with E-state index in [0.29, 0.717) is 19.5 Å². The number of para-hydroxylation sites is 2. The number of rotatable bonds is 4. The number of fused-ring (bicyclic) bond motifs is 1. The number of amides is 1. The topological polar surface area (TPSA) is 38.1 Å². The standard InChI is InChI=1S/C22H23N3O/c1-4-9-24-20-8-6-5-7-19(20)23-22(24)17-13-21(26)25(14-17)18-11-15(2)10-16(3)12-18/h4-8,10-12,17H,1,9,13-14H2,2-3H3. The molecular weight excluding hydrogens is 322 g/mol. The third-order valence-electron chi connectivity index (χ3n) is 5.00. The molecule has 0 saturated carbocycles. The quantitative estimate of drug-likeness (QED) is 0.659. The molecular formula is C22H23N3O. The van der Waals surface area contributed by atoms with Crippen LogP contribution in [0.25, 0.3) is 11.0 Å². The van der Waals surface area contributed by atoms with Gasteiger partial charge in [-0.25, -0.2) is 4.98 Å². The summed E-state index contributed by atoms with van der Waals surface area (Å²) < 4.78 is 2.19. The van der Waals surface area contributed by atoms with Gasteiger partial charge in [0.15, 0.2) is 0 Å². The van der Waals surface area contributed by atoms with Crippen LogP contribution in [0.5, 0.6) is 0 Å². The van der Waals surface area contributed by atoms with Crippen LogP contribution >= 0.6 is 0 Å². The molecule has 1 amide bonds. The minimum atomic E-state index is 0.0932. The number of anilines is 1. The van der Waals surface area contributed by atoms with Gasteiger partial charge in [-0.3, -0.25) is 4.79 Å². The smallest absolute Gasteiger partial charge is 0.227 e. The van der Waals surface area contributed by atoms with Crippen LogP contribution in [0.4, 0.5) is 5.69 Å². The van der Waals surface area contributed by atoms with Crippen molar-refractivity contribution in [2.45, 2.75) is 32.7 Å². The third-order valence-corrected chi connectivity index (χ3v) is 5.00. The molecule has 4 heteroatoms. The van der Waals surface area contributed by atoms with Crippen molar-refractivity contribution in [3.8, 4) is 0 Å². The molecule has 2 aromatic carbocycles. The Balaban J connectivity index is 1.72. The first kappa shape index (κ1) is 16.6. The second-order valence-electron chi connectivity index (χ2n) is 7.11. The fourth-order valence-corrected chi connectivity index (χ4v) is 3.96. The molecule has 1 fully saturated rings. The van der Waals surface area contributed by atoms with E-state index in [4.69, 9.17) is 4.98 Å². The van der Waals surface area contributed by atoms with Crippen LogP contribution in [0.1, 0.15) is 29.3 Å². The highest BCUT2D eigenvalue weighted by Gasteiger charge is 2.34. The van der Waals surface area contributed by atoms with Crippen molar-refractivity contribution >= 4 is 22.6 Å². The van der Waals surface area contributed by atoms with Crippen LogP contribution in [-0.2, 0) is 11.3 Å². The van der Waals surface area contributed by atoms with E-state index in [-0.39, 0.29) is 11.8 Å². The van der Waals surface area contributed by atoms with E-state index in [1.54, 1.807) is 0 Å². The third kappa shape index (κ3) is 2.81. The number of nitrogens with zero attached hydrogens (tertiary/aromatic N) is 3. The summed E-state index contributed by atoms with van der Waals surface area (Å²) in [4.78, 5) is 19.5. The van der Waals surface area contributed by atoms with Gasteiger partial charge in [0.05, 0.1) is 11.0 Å². The predicted octanol–water partition coefficient (Wildman–Crippen LogP) is 4.36. The van der Waals surface area contributed by atoms with Gasteiger partial charge in [-0.05, 0) is 49.2 Å². The number of benzene rings is 2. The lowest BCUT2D eigenvalue weighted by Crippen LogP contribution is -2.24. The maximum Gasteiger partial charge on any atom is 0.227 e. The number of imidazole rings is 1. The highest BCUT2D eigenvalue weighted by atomic mass is 16.2. The van der Waals surface area contributed by atoms with Crippen molar-refractivity contribution in [1.29, 1.82) is 0 Å². The zero-order valence-electron chi connectivity index (χ0n) is 15.3. The van der Waals surface area contributed by atoms with E-state index in [1.165, 1.54) is 11.1 Å². The van der Waals surface area contributed by atoms with Gasteiger partial charge in [0.2, 0.25) is 5.91 Å². The molecule has 0 N–H and O–H groups in total. The van der Waals surface area contributed by atoms with Crippen LogP contribution < -0.4 is 4.90 Å². The molecule has 0 aliphatic carbocycles. The number of carbonyl (C=O) groups is 1. The van der Waals surface area contributed by atoms with Gasteiger partial charge in [0.25, 0.3) is 0 Å². The summed E-state index contributed by atoms with van der Waals surface area (Å²) in [6.45, 7) is 9.38. The molecule has 1 aliphatic rings. The first-order valence-corrected chi connectivity index (χ1v) is 9.01. The highest BCUT2D eigenvalue weighted by molar-refractivity contribution is 5.96. The fraction of sp³-hybridized carbons (Fsp3) is 0.273. The summed E-state index contributed by atoms with van der Waals surface area (Å²) in [5, 5.41) is 0. The van der Waals surface area contributed by atoms with Crippen LogP contribution in [0.15, 0.2) is 55.1 Å². The maximum atomic E-state index is 12.7. The lowest BCUT2D eigenvalue weighted by molar-refractivity contribution is -0.117. The molecule has 3 aromatic rings. The second kappa shape index (κ2) is 6.45. The molecule has 26 heavy (non-hydrogen) atoms. The molecule has 0 bridgehead atoms. The first-order chi connectivity index (χ1) is 12.6. The number of hydrogen-bond acceptors (Lipinski definition) is 2. The minimum Gasteiger partial charge on any atom is -0.324 e. The van der Waals surface area contributed by atoms with Gasteiger partial charge in [0, 0.05) is 31.1 Å². The summed E-state index contributed by atoms with van der Waals surface area (Å²) >= 11 is 0. The highest BCUT2D eigenvalue weighted by Crippen LogP contribution is 2.33. The van der Waals surface area contributed by atoms with Crippen molar-refractivity contribution in [2.75, 3.05) is 11.4 Å².